The third kappa shape index (κ3) is 4.39. The van der Waals surface area contributed by atoms with Gasteiger partial charge in [-0.05, 0) is 93.7 Å². The highest BCUT2D eigenvalue weighted by molar-refractivity contribution is 14.1. The van der Waals surface area contributed by atoms with E-state index in [1.807, 2.05) is 19.1 Å². The first-order valence-electron chi connectivity index (χ1n) is 8.82. The number of fused-ring (bicyclic) bond motifs is 1. The summed E-state index contributed by atoms with van der Waals surface area (Å²) in [4.78, 5) is 27.1. The SMILES string of the molecule is CCOc1c(I)cc(I)cc1/C=C1\SC(=O)N(Cc2cc3c(cc2Cl)OCO3)C1=O. The van der Waals surface area contributed by atoms with Crippen LogP contribution in [0.4, 0.5) is 4.79 Å². The van der Waals surface area contributed by atoms with Gasteiger partial charge in [-0.25, -0.2) is 0 Å². The molecule has 2 aromatic carbocycles. The maximum atomic E-state index is 13.0. The van der Waals surface area contributed by atoms with Crippen molar-refractivity contribution in [3.63, 3.8) is 0 Å². The molecule has 2 aromatic rings. The van der Waals surface area contributed by atoms with Gasteiger partial charge in [-0.1, -0.05) is 11.6 Å². The lowest BCUT2D eigenvalue weighted by Gasteiger charge is -2.14. The lowest BCUT2D eigenvalue weighted by atomic mass is 10.1. The zero-order chi connectivity index (χ0) is 21.4. The fourth-order valence-corrected chi connectivity index (χ4v) is 6.10. The van der Waals surface area contributed by atoms with E-state index < -0.39 is 0 Å². The zero-order valence-corrected chi connectivity index (χ0v) is 21.4. The Kier molecular flexibility index (Phi) is 6.70. The number of rotatable bonds is 5. The average molecular weight is 670 g/mol. The summed E-state index contributed by atoms with van der Waals surface area (Å²) in [6.45, 7) is 2.58. The molecule has 1 saturated heterocycles. The molecular weight excluding hydrogens is 656 g/mol. The molecule has 4 rings (SSSR count). The Morgan fingerprint density at radius 1 is 1.20 bits per heavy atom. The molecule has 0 aromatic heterocycles. The lowest BCUT2D eigenvalue weighted by Crippen LogP contribution is -2.27. The first-order valence-corrected chi connectivity index (χ1v) is 12.2. The molecule has 6 nitrogen and oxygen atoms in total. The van der Waals surface area contributed by atoms with Gasteiger partial charge in [-0.2, -0.15) is 0 Å². The van der Waals surface area contributed by atoms with E-state index in [2.05, 4.69) is 45.2 Å². The number of amides is 2. The van der Waals surface area contributed by atoms with Gasteiger partial charge in [0, 0.05) is 20.2 Å². The van der Waals surface area contributed by atoms with Crippen LogP contribution in [0.25, 0.3) is 6.08 Å². The molecule has 0 N–H and O–H groups in total. The van der Waals surface area contributed by atoms with Crippen LogP contribution in [0.5, 0.6) is 17.2 Å². The molecule has 0 aliphatic carbocycles. The Bertz CT molecular complexity index is 1090. The van der Waals surface area contributed by atoms with Gasteiger partial charge in [0.2, 0.25) is 6.79 Å². The van der Waals surface area contributed by atoms with Crippen molar-refractivity contribution in [2.24, 2.45) is 0 Å². The maximum absolute atomic E-state index is 13.0. The van der Waals surface area contributed by atoms with Crippen LogP contribution in [0.1, 0.15) is 18.1 Å². The predicted molar refractivity (Wildman–Crippen MR) is 132 cm³/mol. The van der Waals surface area contributed by atoms with Gasteiger partial charge < -0.3 is 14.2 Å². The predicted octanol–water partition coefficient (Wildman–Crippen LogP) is 5.91. The molecular formula is C20H14ClI2NO5S. The van der Waals surface area contributed by atoms with Crippen molar-refractivity contribution in [2.45, 2.75) is 13.5 Å². The van der Waals surface area contributed by atoms with E-state index in [4.69, 9.17) is 25.8 Å². The lowest BCUT2D eigenvalue weighted by molar-refractivity contribution is -0.123. The molecule has 0 bridgehead atoms. The van der Waals surface area contributed by atoms with Gasteiger partial charge in [0.1, 0.15) is 5.75 Å². The molecule has 10 heteroatoms. The maximum Gasteiger partial charge on any atom is 0.293 e. The fourth-order valence-electron chi connectivity index (χ4n) is 3.01. The van der Waals surface area contributed by atoms with Gasteiger partial charge in [0.15, 0.2) is 11.5 Å². The summed E-state index contributed by atoms with van der Waals surface area (Å²) >= 11 is 11.6. The van der Waals surface area contributed by atoms with Crippen LogP contribution in [-0.2, 0) is 11.3 Å². The highest BCUT2D eigenvalue weighted by Gasteiger charge is 2.36. The standard InChI is InChI=1S/C20H14ClI2NO5S/c1-2-27-18-10(3-12(22)6-14(18)23)5-17-19(25)24(20(26)30-17)8-11-4-15-16(7-13(11)21)29-9-28-15/h3-7H,2,8-9H2,1H3/b17-5-. The monoisotopic (exact) mass is 669 g/mol. The second-order valence-electron chi connectivity index (χ2n) is 6.30. The Hall–Kier alpha value is -1.18. The minimum atomic E-state index is -0.366. The van der Waals surface area contributed by atoms with Crippen molar-refractivity contribution in [3.05, 3.63) is 52.5 Å². The van der Waals surface area contributed by atoms with E-state index in [-0.39, 0.29) is 24.5 Å². The van der Waals surface area contributed by atoms with Crippen LogP contribution >= 0.6 is 68.5 Å². The van der Waals surface area contributed by atoms with E-state index in [1.54, 1.807) is 18.2 Å². The molecule has 0 spiro atoms. The number of thioether (sulfide) groups is 1. The molecule has 0 saturated carbocycles. The molecule has 0 unspecified atom stereocenters. The quantitative estimate of drug-likeness (QED) is 0.292. The third-order valence-electron chi connectivity index (χ3n) is 4.36. The second kappa shape index (κ2) is 9.13. The van der Waals surface area contributed by atoms with Crippen molar-refractivity contribution in [1.29, 1.82) is 0 Å². The Morgan fingerprint density at radius 3 is 2.67 bits per heavy atom. The highest BCUT2D eigenvalue weighted by atomic mass is 127. The van der Waals surface area contributed by atoms with Crippen LogP contribution in [0.15, 0.2) is 29.2 Å². The highest BCUT2D eigenvalue weighted by Crippen LogP contribution is 2.40. The topological polar surface area (TPSA) is 65.1 Å². The molecule has 2 aliphatic rings. The van der Waals surface area contributed by atoms with E-state index in [0.717, 1.165) is 24.5 Å². The van der Waals surface area contributed by atoms with Gasteiger partial charge >= 0.3 is 0 Å². The smallest absolute Gasteiger partial charge is 0.293 e. The Morgan fingerprint density at radius 2 is 1.93 bits per heavy atom. The number of benzene rings is 2. The Balaban J connectivity index is 1.63. The van der Waals surface area contributed by atoms with Crippen LogP contribution in [0.2, 0.25) is 5.02 Å². The van der Waals surface area contributed by atoms with Crippen LogP contribution < -0.4 is 14.2 Å². The number of imide groups is 1. The number of carbonyl (C=O) groups excluding carboxylic acids is 2. The molecule has 2 heterocycles. The van der Waals surface area contributed by atoms with Crippen molar-refractivity contribution >= 4 is 85.8 Å². The minimum absolute atomic E-state index is 0.0552. The third-order valence-corrected chi connectivity index (χ3v) is 7.04. The largest absolute Gasteiger partial charge is 0.492 e. The van der Waals surface area contributed by atoms with E-state index in [0.29, 0.717) is 39.3 Å². The van der Waals surface area contributed by atoms with Crippen LogP contribution in [0, 0.1) is 7.14 Å². The number of nitrogens with zero attached hydrogens (tertiary/aromatic N) is 1. The molecule has 2 amide bonds. The summed E-state index contributed by atoms with van der Waals surface area (Å²) in [7, 11) is 0. The summed E-state index contributed by atoms with van der Waals surface area (Å²) in [5, 5.41) is 0.0614. The minimum Gasteiger partial charge on any atom is -0.492 e. The zero-order valence-electron chi connectivity index (χ0n) is 15.5. The number of halogens is 3. The molecule has 30 heavy (non-hydrogen) atoms. The normalized spacial score (nSPS) is 16.7. The molecule has 1 fully saturated rings. The molecule has 0 atom stereocenters. The number of carbonyl (C=O) groups is 2. The van der Waals surface area contributed by atoms with Gasteiger partial charge in [0.05, 0.1) is 21.6 Å². The van der Waals surface area contributed by atoms with Crippen molar-refractivity contribution in [1.82, 2.24) is 4.90 Å². The van der Waals surface area contributed by atoms with Crippen LogP contribution in [-0.4, -0.2) is 29.4 Å². The molecule has 0 radical (unpaired) electrons. The van der Waals surface area contributed by atoms with Crippen LogP contribution in [0.3, 0.4) is 0 Å². The molecule has 2 aliphatic heterocycles. The number of hydrogen-bond acceptors (Lipinski definition) is 6. The van der Waals surface area contributed by atoms with E-state index >= 15 is 0 Å². The summed E-state index contributed by atoms with van der Waals surface area (Å²) in [5.74, 6) is 1.43. The van der Waals surface area contributed by atoms with Gasteiger partial charge in [-0.15, -0.1) is 0 Å². The van der Waals surface area contributed by atoms with Gasteiger partial charge in [0.25, 0.3) is 11.1 Å². The average Bonchev–Trinajstić information content (AvgIpc) is 3.24. The summed E-state index contributed by atoms with van der Waals surface area (Å²) in [6.07, 6.45) is 1.71. The summed E-state index contributed by atoms with van der Waals surface area (Å²) in [6, 6.07) is 7.26. The van der Waals surface area contributed by atoms with Gasteiger partial charge in [-0.3, -0.25) is 14.5 Å². The van der Waals surface area contributed by atoms with Crippen molar-refractivity contribution < 1.29 is 23.8 Å². The first kappa shape index (κ1) is 22.0. The molecule has 156 valence electrons. The summed E-state index contributed by atoms with van der Waals surface area (Å²) < 4.78 is 18.4. The van der Waals surface area contributed by atoms with Crippen molar-refractivity contribution in [2.75, 3.05) is 13.4 Å². The van der Waals surface area contributed by atoms with Crippen molar-refractivity contribution in [3.8, 4) is 17.2 Å². The first-order chi connectivity index (χ1) is 14.4. The second-order valence-corrected chi connectivity index (χ2v) is 10.1. The fraction of sp³-hybridized carbons (Fsp3) is 0.200. The number of hydrogen-bond donors (Lipinski definition) is 0. The number of ether oxygens (including phenoxy) is 3. The van der Waals surface area contributed by atoms with E-state index in [1.165, 1.54) is 4.90 Å². The summed E-state index contributed by atoms with van der Waals surface area (Å²) in [5.41, 5.74) is 1.38. The Labute approximate surface area is 209 Å². The van der Waals surface area contributed by atoms with E-state index in [9.17, 15) is 9.59 Å².